The summed E-state index contributed by atoms with van der Waals surface area (Å²) in [5, 5.41) is 12.4. The summed E-state index contributed by atoms with van der Waals surface area (Å²) in [5.41, 5.74) is 1.26. The molecule has 112 valence electrons. The van der Waals surface area contributed by atoms with E-state index >= 15 is 0 Å². The first-order valence-electron chi connectivity index (χ1n) is 7.33. The van der Waals surface area contributed by atoms with Crippen LogP contribution in [0.4, 0.5) is 0 Å². The van der Waals surface area contributed by atoms with Crippen molar-refractivity contribution in [2.75, 3.05) is 19.7 Å². The Morgan fingerprint density at radius 1 is 1.43 bits per heavy atom. The first-order chi connectivity index (χ1) is 10.2. The second kappa shape index (κ2) is 7.82. The molecule has 1 heterocycles. The van der Waals surface area contributed by atoms with Gasteiger partial charge in [0.25, 0.3) is 5.91 Å². The van der Waals surface area contributed by atoms with Gasteiger partial charge in [-0.05, 0) is 31.4 Å². The Labute approximate surface area is 126 Å². The van der Waals surface area contributed by atoms with Gasteiger partial charge in [-0.15, -0.1) is 0 Å². The number of carbonyl (C=O) groups is 1. The van der Waals surface area contributed by atoms with Gasteiger partial charge in [-0.1, -0.05) is 36.3 Å². The quantitative estimate of drug-likeness (QED) is 0.812. The number of aliphatic hydroxyl groups is 1. The van der Waals surface area contributed by atoms with E-state index in [2.05, 4.69) is 34.2 Å². The lowest BCUT2D eigenvalue weighted by atomic mass is 9.92. The average molecular weight is 286 g/mol. The molecule has 4 heteroatoms. The molecule has 1 amide bonds. The van der Waals surface area contributed by atoms with Crippen molar-refractivity contribution in [2.45, 2.75) is 25.9 Å². The lowest BCUT2D eigenvalue weighted by molar-refractivity contribution is -0.117. The molecule has 2 N–H and O–H groups in total. The lowest BCUT2D eigenvalue weighted by Crippen LogP contribution is -2.53. The van der Waals surface area contributed by atoms with Crippen molar-refractivity contribution in [3.63, 3.8) is 0 Å². The van der Waals surface area contributed by atoms with Crippen molar-refractivity contribution >= 4 is 5.91 Å². The van der Waals surface area contributed by atoms with E-state index in [1.54, 1.807) is 6.92 Å². The maximum Gasteiger partial charge on any atom is 0.296 e. The zero-order valence-electron chi connectivity index (χ0n) is 12.4. The Morgan fingerprint density at radius 2 is 2.19 bits per heavy atom. The fourth-order valence-electron chi connectivity index (χ4n) is 2.75. The minimum absolute atomic E-state index is 0.0409. The molecule has 1 aliphatic heterocycles. The summed E-state index contributed by atoms with van der Waals surface area (Å²) in [6.07, 6.45) is 0.883. The largest absolute Gasteiger partial charge is 0.396 e. The number of hydrogen-bond acceptors (Lipinski definition) is 3. The maximum atomic E-state index is 11.7. The Kier molecular flexibility index (Phi) is 5.79. The molecule has 2 rings (SSSR count). The van der Waals surface area contributed by atoms with Crippen molar-refractivity contribution in [2.24, 2.45) is 5.92 Å². The van der Waals surface area contributed by atoms with Gasteiger partial charge in [0.15, 0.2) is 0 Å². The van der Waals surface area contributed by atoms with Crippen molar-refractivity contribution < 1.29 is 9.90 Å². The molecule has 0 unspecified atom stereocenters. The van der Waals surface area contributed by atoms with Crippen LogP contribution in [-0.4, -0.2) is 41.7 Å². The SMILES string of the molecule is CC#CC(=O)N[C@H]1CN(Cc2ccccc2)CC[C@H]1CO. The van der Waals surface area contributed by atoms with Crippen molar-refractivity contribution in [1.82, 2.24) is 10.2 Å². The second-order valence-electron chi connectivity index (χ2n) is 5.41. The normalized spacial score (nSPS) is 22.2. The summed E-state index contributed by atoms with van der Waals surface area (Å²) >= 11 is 0. The Hall–Kier alpha value is -1.83. The number of nitrogens with one attached hydrogen (secondary N) is 1. The van der Waals surface area contributed by atoms with Gasteiger partial charge < -0.3 is 10.4 Å². The highest BCUT2D eigenvalue weighted by Gasteiger charge is 2.29. The fraction of sp³-hybridized carbons (Fsp3) is 0.471. The third-order valence-corrected chi connectivity index (χ3v) is 3.88. The van der Waals surface area contributed by atoms with Gasteiger partial charge in [0.2, 0.25) is 0 Å². The molecule has 1 aromatic rings. The predicted octanol–water partition coefficient (Wildman–Crippen LogP) is 1.01. The summed E-state index contributed by atoms with van der Waals surface area (Å²) in [4.78, 5) is 14.0. The summed E-state index contributed by atoms with van der Waals surface area (Å²) in [6, 6.07) is 10.2. The third kappa shape index (κ3) is 4.59. The lowest BCUT2D eigenvalue weighted by Gasteiger charge is -2.38. The molecule has 21 heavy (non-hydrogen) atoms. The summed E-state index contributed by atoms with van der Waals surface area (Å²) in [7, 11) is 0. The highest BCUT2D eigenvalue weighted by molar-refractivity contribution is 5.93. The summed E-state index contributed by atoms with van der Waals surface area (Å²) in [5.74, 6) is 4.95. The number of piperidine rings is 1. The number of rotatable bonds is 4. The Morgan fingerprint density at radius 3 is 2.86 bits per heavy atom. The van der Waals surface area contributed by atoms with E-state index in [0.717, 1.165) is 26.1 Å². The monoisotopic (exact) mass is 286 g/mol. The first kappa shape index (κ1) is 15.6. The summed E-state index contributed by atoms with van der Waals surface area (Å²) < 4.78 is 0. The van der Waals surface area contributed by atoms with Crippen LogP contribution in [0.5, 0.6) is 0 Å². The molecular weight excluding hydrogens is 264 g/mol. The fourth-order valence-corrected chi connectivity index (χ4v) is 2.75. The van der Waals surface area contributed by atoms with Crippen LogP contribution in [0, 0.1) is 17.8 Å². The van der Waals surface area contributed by atoms with Crippen LogP contribution in [-0.2, 0) is 11.3 Å². The van der Waals surface area contributed by atoms with Crippen molar-refractivity contribution in [3.8, 4) is 11.8 Å². The third-order valence-electron chi connectivity index (χ3n) is 3.88. The molecule has 0 saturated carbocycles. The highest BCUT2D eigenvalue weighted by atomic mass is 16.3. The van der Waals surface area contributed by atoms with E-state index in [9.17, 15) is 9.90 Å². The van der Waals surface area contributed by atoms with Gasteiger partial charge in [0, 0.05) is 31.7 Å². The zero-order chi connectivity index (χ0) is 15.1. The molecule has 1 aromatic carbocycles. The van der Waals surface area contributed by atoms with Gasteiger partial charge in [0.1, 0.15) is 0 Å². The average Bonchev–Trinajstić information content (AvgIpc) is 2.49. The van der Waals surface area contributed by atoms with Gasteiger partial charge in [0.05, 0.1) is 0 Å². The van der Waals surface area contributed by atoms with Crippen LogP contribution >= 0.6 is 0 Å². The molecule has 0 spiro atoms. The smallest absolute Gasteiger partial charge is 0.296 e. The molecule has 4 nitrogen and oxygen atoms in total. The molecule has 0 aromatic heterocycles. The first-order valence-corrected chi connectivity index (χ1v) is 7.33. The number of nitrogens with zero attached hydrogens (tertiary/aromatic N) is 1. The van der Waals surface area contributed by atoms with Gasteiger partial charge >= 0.3 is 0 Å². The Balaban J connectivity index is 1.97. The molecule has 2 atom stereocenters. The van der Waals surface area contributed by atoms with Crippen LogP contribution in [0.25, 0.3) is 0 Å². The molecule has 1 fully saturated rings. The van der Waals surface area contributed by atoms with Crippen LogP contribution in [0.15, 0.2) is 30.3 Å². The van der Waals surface area contributed by atoms with Crippen LogP contribution in [0.3, 0.4) is 0 Å². The van der Waals surface area contributed by atoms with Gasteiger partial charge in [-0.2, -0.15) is 0 Å². The van der Waals surface area contributed by atoms with Crippen LogP contribution < -0.4 is 5.32 Å². The van der Waals surface area contributed by atoms with Crippen LogP contribution in [0.1, 0.15) is 18.9 Å². The number of carbonyl (C=O) groups excluding carboxylic acids is 1. The predicted molar refractivity (Wildman–Crippen MR) is 82.3 cm³/mol. The van der Waals surface area contributed by atoms with Gasteiger partial charge in [-0.3, -0.25) is 9.69 Å². The summed E-state index contributed by atoms with van der Waals surface area (Å²) in [6.45, 7) is 4.30. The highest BCUT2D eigenvalue weighted by Crippen LogP contribution is 2.19. The van der Waals surface area contributed by atoms with E-state index in [1.165, 1.54) is 5.56 Å². The number of amides is 1. The van der Waals surface area contributed by atoms with Crippen LogP contribution in [0.2, 0.25) is 0 Å². The zero-order valence-corrected chi connectivity index (χ0v) is 12.4. The number of hydrogen-bond donors (Lipinski definition) is 2. The molecule has 0 bridgehead atoms. The molecule has 1 aliphatic rings. The number of likely N-dealkylation sites (tertiary alicyclic amines) is 1. The van der Waals surface area contributed by atoms with E-state index in [4.69, 9.17) is 0 Å². The Bertz CT molecular complexity index is 519. The van der Waals surface area contributed by atoms with Gasteiger partial charge in [-0.25, -0.2) is 0 Å². The van der Waals surface area contributed by atoms with Crippen molar-refractivity contribution in [1.29, 1.82) is 0 Å². The van der Waals surface area contributed by atoms with Crippen molar-refractivity contribution in [3.05, 3.63) is 35.9 Å². The minimum atomic E-state index is -0.262. The molecule has 0 radical (unpaired) electrons. The maximum absolute atomic E-state index is 11.7. The molecule has 1 saturated heterocycles. The minimum Gasteiger partial charge on any atom is -0.396 e. The van der Waals surface area contributed by atoms with E-state index in [0.29, 0.717) is 0 Å². The van der Waals surface area contributed by atoms with E-state index in [1.807, 2.05) is 18.2 Å². The van der Waals surface area contributed by atoms with E-state index < -0.39 is 0 Å². The van der Waals surface area contributed by atoms with E-state index in [-0.39, 0.29) is 24.5 Å². The topological polar surface area (TPSA) is 52.6 Å². The standard InChI is InChI=1S/C17H22N2O2/c1-2-6-17(21)18-16-12-19(10-9-15(16)13-20)11-14-7-4-3-5-8-14/h3-5,7-8,15-16,20H,9-13H2,1H3,(H,18,21)/t15-,16-/m0/s1. The second-order valence-corrected chi connectivity index (χ2v) is 5.41. The molecular formula is C17H22N2O2. The molecule has 0 aliphatic carbocycles. The number of aliphatic hydroxyl groups excluding tert-OH is 1. The number of benzene rings is 1.